The minimum Gasteiger partial charge on any atom is -0.344 e. The van der Waals surface area contributed by atoms with Crippen LogP contribution in [0.1, 0.15) is 18.4 Å². The van der Waals surface area contributed by atoms with Crippen molar-refractivity contribution >= 4 is 5.91 Å². The first-order valence-corrected chi connectivity index (χ1v) is 6.08. The molecule has 104 valence electrons. The van der Waals surface area contributed by atoms with Gasteiger partial charge in [0.25, 0.3) is 0 Å². The highest BCUT2D eigenvalue weighted by Gasteiger charge is 2.22. The Labute approximate surface area is 109 Å². The van der Waals surface area contributed by atoms with Crippen molar-refractivity contribution in [2.24, 2.45) is 0 Å². The molecule has 1 atom stereocenters. The number of hydrogen-bond donors (Lipinski definition) is 1. The summed E-state index contributed by atoms with van der Waals surface area (Å²) in [5, 5.41) is 3.05. The van der Waals surface area contributed by atoms with Gasteiger partial charge in [-0.25, -0.2) is 13.2 Å². The summed E-state index contributed by atoms with van der Waals surface area (Å²) in [4.78, 5) is 12.9. The van der Waals surface area contributed by atoms with Gasteiger partial charge in [-0.05, 0) is 12.5 Å². The van der Waals surface area contributed by atoms with Crippen molar-refractivity contribution in [1.29, 1.82) is 0 Å². The Balaban J connectivity index is 1.96. The highest BCUT2D eigenvalue weighted by Crippen LogP contribution is 2.15. The number of hydrogen-bond acceptors (Lipinski definition) is 2. The normalized spacial score (nSPS) is 19.9. The van der Waals surface area contributed by atoms with Crippen molar-refractivity contribution in [2.75, 3.05) is 13.6 Å². The Morgan fingerprint density at radius 1 is 1.26 bits per heavy atom. The predicted octanol–water partition coefficient (Wildman–Crippen LogP) is 1.81. The van der Waals surface area contributed by atoms with Gasteiger partial charge >= 0.3 is 0 Å². The third-order valence-electron chi connectivity index (χ3n) is 3.30. The summed E-state index contributed by atoms with van der Waals surface area (Å²) in [5.74, 6) is -2.94. The van der Waals surface area contributed by atoms with Crippen LogP contribution in [-0.4, -0.2) is 30.4 Å². The van der Waals surface area contributed by atoms with Gasteiger partial charge in [0.1, 0.15) is 5.82 Å². The molecular weight excluding hydrogens is 257 g/mol. The highest BCUT2D eigenvalue weighted by molar-refractivity contribution is 5.76. The first-order valence-electron chi connectivity index (χ1n) is 6.08. The average Bonchev–Trinajstić information content (AvgIpc) is 2.36. The summed E-state index contributed by atoms with van der Waals surface area (Å²) < 4.78 is 39.2. The van der Waals surface area contributed by atoms with Gasteiger partial charge in [-0.1, -0.05) is 0 Å². The molecule has 1 amide bonds. The van der Waals surface area contributed by atoms with Gasteiger partial charge in [0.05, 0.1) is 0 Å². The number of benzene rings is 1. The average molecular weight is 272 g/mol. The summed E-state index contributed by atoms with van der Waals surface area (Å²) in [6, 6.07) is 1.44. The van der Waals surface area contributed by atoms with Crippen LogP contribution < -0.4 is 5.32 Å². The van der Waals surface area contributed by atoms with Crippen LogP contribution in [0.15, 0.2) is 12.1 Å². The predicted molar refractivity (Wildman–Crippen MR) is 63.8 cm³/mol. The quantitative estimate of drug-likeness (QED) is 0.851. The second-order valence-corrected chi connectivity index (χ2v) is 4.75. The minimum absolute atomic E-state index is 0.0372. The SMILES string of the molecule is CN1CC(NCc2cc(F)c(F)cc2F)CCC1=O. The summed E-state index contributed by atoms with van der Waals surface area (Å²) in [7, 11) is 1.70. The van der Waals surface area contributed by atoms with E-state index in [4.69, 9.17) is 0 Å². The van der Waals surface area contributed by atoms with Crippen molar-refractivity contribution in [3.8, 4) is 0 Å². The van der Waals surface area contributed by atoms with Gasteiger partial charge in [-0.2, -0.15) is 0 Å². The van der Waals surface area contributed by atoms with Crippen molar-refractivity contribution < 1.29 is 18.0 Å². The number of nitrogens with one attached hydrogen (secondary N) is 1. The Bertz CT molecular complexity index is 493. The number of rotatable bonds is 3. The molecule has 0 spiro atoms. The van der Waals surface area contributed by atoms with E-state index in [0.29, 0.717) is 25.5 Å². The molecule has 6 heteroatoms. The first-order chi connectivity index (χ1) is 8.97. The zero-order valence-corrected chi connectivity index (χ0v) is 10.5. The number of carbonyl (C=O) groups excluding carboxylic acids is 1. The second kappa shape index (κ2) is 5.61. The molecule has 1 aliphatic heterocycles. The first kappa shape index (κ1) is 13.9. The summed E-state index contributed by atoms with van der Waals surface area (Å²) in [6.45, 7) is 0.639. The maximum Gasteiger partial charge on any atom is 0.222 e. The molecule has 1 N–H and O–H groups in total. The number of carbonyl (C=O) groups is 1. The fourth-order valence-electron chi connectivity index (χ4n) is 2.13. The molecule has 19 heavy (non-hydrogen) atoms. The largest absolute Gasteiger partial charge is 0.344 e. The molecule has 1 saturated heterocycles. The molecule has 1 aromatic rings. The van der Waals surface area contributed by atoms with Crippen LogP contribution in [0.3, 0.4) is 0 Å². The van der Waals surface area contributed by atoms with Gasteiger partial charge < -0.3 is 10.2 Å². The molecule has 0 aromatic heterocycles. The molecule has 0 radical (unpaired) electrons. The van der Waals surface area contributed by atoms with E-state index in [1.807, 2.05) is 0 Å². The van der Waals surface area contributed by atoms with E-state index in [9.17, 15) is 18.0 Å². The lowest BCUT2D eigenvalue weighted by atomic mass is 10.1. The zero-order chi connectivity index (χ0) is 14.0. The minimum atomic E-state index is -1.19. The molecule has 0 bridgehead atoms. The number of amides is 1. The third kappa shape index (κ3) is 3.26. The number of halogens is 3. The lowest BCUT2D eigenvalue weighted by Gasteiger charge is -2.30. The van der Waals surface area contributed by atoms with Gasteiger partial charge in [0.2, 0.25) is 5.91 Å². The van der Waals surface area contributed by atoms with Crippen molar-refractivity contribution in [3.05, 3.63) is 35.1 Å². The fraction of sp³-hybridized carbons (Fsp3) is 0.462. The Morgan fingerprint density at radius 3 is 2.63 bits per heavy atom. The van der Waals surface area contributed by atoms with E-state index in [-0.39, 0.29) is 24.1 Å². The molecule has 0 saturated carbocycles. The lowest BCUT2D eigenvalue weighted by molar-refractivity contribution is -0.132. The molecule has 1 heterocycles. The van der Waals surface area contributed by atoms with Gasteiger partial charge in [0.15, 0.2) is 11.6 Å². The maximum absolute atomic E-state index is 13.4. The third-order valence-corrected chi connectivity index (χ3v) is 3.30. The Kier molecular flexibility index (Phi) is 4.09. The van der Waals surface area contributed by atoms with E-state index in [1.165, 1.54) is 0 Å². The molecular formula is C13H15F3N2O. The van der Waals surface area contributed by atoms with Crippen LogP contribution in [-0.2, 0) is 11.3 Å². The monoisotopic (exact) mass is 272 g/mol. The van der Waals surface area contributed by atoms with Crippen LogP contribution >= 0.6 is 0 Å². The maximum atomic E-state index is 13.4. The highest BCUT2D eigenvalue weighted by atomic mass is 19.2. The molecule has 1 fully saturated rings. The van der Waals surface area contributed by atoms with Gasteiger partial charge in [-0.3, -0.25) is 4.79 Å². The van der Waals surface area contributed by atoms with Crippen LogP contribution in [0.4, 0.5) is 13.2 Å². The molecule has 1 aromatic carbocycles. The van der Waals surface area contributed by atoms with Crippen LogP contribution in [0.25, 0.3) is 0 Å². The lowest BCUT2D eigenvalue weighted by Crippen LogP contribution is -2.46. The molecule has 1 aliphatic rings. The Hall–Kier alpha value is -1.56. The second-order valence-electron chi connectivity index (χ2n) is 4.75. The Morgan fingerprint density at radius 2 is 1.95 bits per heavy atom. The molecule has 1 unspecified atom stereocenters. The smallest absolute Gasteiger partial charge is 0.222 e. The molecule has 3 nitrogen and oxygen atoms in total. The number of nitrogens with zero attached hydrogens (tertiary/aromatic N) is 1. The van der Waals surface area contributed by atoms with E-state index < -0.39 is 17.5 Å². The van der Waals surface area contributed by atoms with Crippen LogP contribution in [0.2, 0.25) is 0 Å². The fourth-order valence-corrected chi connectivity index (χ4v) is 2.13. The summed E-state index contributed by atoms with van der Waals surface area (Å²) in [5.41, 5.74) is 0.0819. The van der Waals surface area contributed by atoms with Crippen molar-refractivity contribution in [3.63, 3.8) is 0 Å². The zero-order valence-electron chi connectivity index (χ0n) is 10.5. The van der Waals surface area contributed by atoms with Crippen LogP contribution in [0, 0.1) is 17.5 Å². The number of likely N-dealkylation sites (N-methyl/N-ethyl adjacent to an activating group) is 1. The topological polar surface area (TPSA) is 32.3 Å². The van der Waals surface area contributed by atoms with Crippen molar-refractivity contribution in [1.82, 2.24) is 10.2 Å². The standard InChI is InChI=1S/C13H15F3N2O/c1-18-7-9(2-3-13(18)19)17-6-8-4-11(15)12(16)5-10(8)14/h4-5,9,17H,2-3,6-7H2,1H3. The number of likely N-dealkylation sites (tertiary alicyclic amines) is 1. The van der Waals surface area contributed by atoms with Crippen LogP contribution in [0.5, 0.6) is 0 Å². The van der Waals surface area contributed by atoms with Gasteiger partial charge in [0, 0.05) is 44.2 Å². The number of piperidine rings is 1. The van der Waals surface area contributed by atoms with E-state index >= 15 is 0 Å². The molecule has 2 rings (SSSR count). The van der Waals surface area contributed by atoms with E-state index in [0.717, 1.165) is 6.07 Å². The van der Waals surface area contributed by atoms with E-state index in [2.05, 4.69) is 5.32 Å². The molecule has 0 aliphatic carbocycles. The summed E-state index contributed by atoms with van der Waals surface area (Å²) in [6.07, 6.45) is 1.10. The van der Waals surface area contributed by atoms with Crippen molar-refractivity contribution in [2.45, 2.75) is 25.4 Å². The summed E-state index contributed by atoms with van der Waals surface area (Å²) >= 11 is 0. The van der Waals surface area contributed by atoms with E-state index in [1.54, 1.807) is 11.9 Å². The van der Waals surface area contributed by atoms with Gasteiger partial charge in [-0.15, -0.1) is 0 Å².